The Kier molecular flexibility index (Phi) is 4.61. The molecule has 0 spiro atoms. The molecule has 0 saturated heterocycles. The average molecular weight is 331 g/mol. The highest BCUT2D eigenvalue weighted by Crippen LogP contribution is 2.22. The Labute approximate surface area is 147 Å². The molecule has 4 nitrogen and oxygen atoms in total. The number of para-hydroxylation sites is 1. The van der Waals surface area contributed by atoms with Crippen molar-refractivity contribution in [3.05, 3.63) is 77.5 Å². The van der Waals surface area contributed by atoms with Gasteiger partial charge >= 0.3 is 0 Å². The maximum absolute atomic E-state index is 12.2. The molecule has 0 aliphatic heterocycles. The maximum atomic E-state index is 12.2. The number of hydrogen-bond acceptors (Lipinski definition) is 3. The summed E-state index contributed by atoms with van der Waals surface area (Å²) >= 11 is 0. The molecule has 0 saturated carbocycles. The summed E-state index contributed by atoms with van der Waals surface area (Å²) in [5.41, 5.74) is 6.13. The van der Waals surface area contributed by atoms with E-state index in [1.165, 1.54) is 5.56 Å². The second-order valence-electron chi connectivity index (χ2n) is 6.95. The number of nitrogens with zero attached hydrogens (tertiary/aromatic N) is 2. The molecule has 3 rings (SSSR count). The minimum absolute atomic E-state index is 0.0640. The smallest absolute Gasteiger partial charge is 0.267 e. The zero-order valence-electron chi connectivity index (χ0n) is 14.7. The van der Waals surface area contributed by atoms with Crippen molar-refractivity contribution in [2.24, 2.45) is 5.10 Å². The van der Waals surface area contributed by atoms with Crippen molar-refractivity contribution in [1.82, 2.24) is 10.4 Å². The second-order valence-corrected chi connectivity index (χ2v) is 6.95. The lowest BCUT2D eigenvalue weighted by molar-refractivity contribution is 0.0955. The van der Waals surface area contributed by atoms with Gasteiger partial charge < -0.3 is 0 Å². The predicted octanol–water partition coefficient (Wildman–Crippen LogP) is 4.30. The number of aromatic nitrogens is 1. The third-order valence-corrected chi connectivity index (χ3v) is 4.05. The standard InChI is InChI=1S/C21H21N3O/c1-21(2,3)18-11-9-16(10-12-18)20(25)24-23-14-17-7-4-6-15-8-5-13-22-19(15)17/h4-14H,1-3H3,(H,24,25)/b23-14+. The summed E-state index contributed by atoms with van der Waals surface area (Å²) in [4.78, 5) is 16.6. The molecule has 126 valence electrons. The Morgan fingerprint density at radius 3 is 2.48 bits per heavy atom. The molecule has 0 radical (unpaired) electrons. The van der Waals surface area contributed by atoms with Crippen molar-refractivity contribution >= 4 is 23.0 Å². The molecule has 0 bridgehead atoms. The number of benzene rings is 2. The molecule has 1 N–H and O–H groups in total. The summed E-state index contributed by atoms with van der Waals surface area (Å²) in [6.45, 7) is 6.43. The first-order valence-electron chi connectivity index (χ1n) is 8.23. The first kappa shape index (κ1) is 16.8. The van der Waals surface area contributed by atoms with Gasteiger partial charge in [0.25, 0.3) is 5.91 Å². The van der Waals surface area contributed by atoms with Crippen molar-refractivity contribution in [2.45, 2.75) is 26.2 Å². The van der Waals surface area contributed by atoms with E-state index < -0.39 is 0 Å². The monoisotopic (exact) mass is 331 g/mol. The van der Waals surface area contributed by atoms with E-state index in [2.05, 4.69) is 36.3 Å². The number of hydrazone groups is 1. The van der Waals surface area contributed by atoms with Gasteiger partial charge in [0.2, 0.25) is 0 Å². The highest BCUT2D eigenvalue weighted by atomic mass is 16.2. The van der Waals surface area contributed by atoms with Crippen molar-refractivity contribution in [3.8, 4) is 0 Å². The number of rotatable bonds is 3. The van der Waals surface area contributed by atoms with E-state index in [4.69, 9.17) is 0 Å². The lowest BCUT2D eigenvalue weighted by Gasteiger charge is -2.18. The van der Waals surface area contributed by atoms with Gasteiger partial charge in [0.05, 0.1) is 11.7 Å². The van der Waals surface area contributed by atoms with E-state index in [1.54, 1.807) is 12.4 Å². The Bertz CT molecular complexity index is 917. The van der Waals surface area contributed by atoms with Crippen LogP contribution >= 0.6 is 0 Å². The molecular weight excluding hydrogens is 310 g/mol. The van der Waals surface area contributed by atoms with E-state index >= 15 is 0 Å². The van der Waals surface area contributed by atoms with Crippen molar-refractivity contribution in [1.29, 1.82) is 0 Å². The number of pyridine rings is 1. The summed E-state index contributed by atoms with van der Waals surface area (Å²) in [5.74, 6) is -0.232. The zero-order valence-corrected chi connectivity index (χ0v) is 14.7. The quantitative estimate of drug-likeness (QED) is 0.575. The zero-order chi connectivity index (χ0) is 17.9. The molecule has 0 aliphatic rings. The van der Waals surface area contributed by atoms with Crippen LogP contribution in [-0.4, -0.2) is 17.1 Å². The first-order chi connectivity index (χ1) is 11.9. The van der Waals surface area contributed by atoms with Crippen LogP contribution in [0.3, 0.4) is 0 Å². The summed E-state index contributed by atoms with van der Waals surface area (Å²) in [6.07, 6.45) is 3.37. The van der Waals surface area contributed by atoms with E-state index in [-0.39, 0.29) is 11.3 Å². The minimum Gasteiger partial charge on any atom is -0.267 e. The fourth-order valence-corrected chi connectivity index (χ4v) is 2.58. The van der Waals surface area contributed by atoms with Crippen LogP contribution < -0.4 is 5.43 Å². The molecule has 25 heavy (non-hydrogen) atoms. The first-order valence-corrected chi connectivity index (χ1v) is 8.23. The second kappa shape index (κ2) is 6.85. The highest BCUT2D eigenvalue weighted by Gasteiger charge is 2.14. The van der Waals surface area contributed by atoms with E-state index in [0.29, 0.717) is 5.56 Å². The normalized spacial score (nSPS) is 11.8. The number of fused-ring (bicyclic) bond motifs is 1. The largest absolute Gasteiger partial charge is 0.271 e. The molecule has 0 fully saturated rings. The van der Waals surface area contributed by atoms with Gasteiger partial charge in [0.1, 0.15) is 0 Å². The molecule has 3 aromatic rings. The number of carbonyl (C=O) groups is 1. The summed E-state index contributed by atoms with van der Waals surface area (Å²) in [6, 6.07) is 17.4. The molecule has 0 unspecified atom stereocenters. The molecule has 4 heteroatoms. The van der Waals surface area contributed by atoms with E-state index in [1.807, 2.05) is 54.6 Å². The van der Waals surface area contributed by atoms with Crippen LogP contribution in [-0.2, 0) is 5.41 Å². The van der Waals surface area contributed by atoms with Crippen molar-refractivity contribution < 1.29 is 4.79 Å². The third kappa shape index (κ3) is 3.91. The van der Waals surface area contributed by atoms with Gasteiger partial charge in [-0.2, -0.15) is 5.10 Å². The molecule has 2 aromatic carbocycles. The third-order valence-electron chi connectivity index (χ3n) is 4.05. The Morgan fingerprint density at radius 1 is 1.04 bits per heavy atom. The van der Waals surface area contributed by atoms with E-state index in [0.717, 1.165) is 16.5 Å². The van der Waals surface area contributed by atoms with Crippen molar-refractivity contribution in [3.63, 3.8) is 0 Å². The van der Waals surface area contributed by atoms with Crippen LogP contribution in [0.25, 0.3) is 10.9 Å². The number of amides is 1. The Hall–Kier alpha value is -3.01. The van der Waals surface area contributed by atoms with Crippen LogP contribution in [0.15, 0.2) is 65.9 Å². The lowest BCUT2D eigenvalue weighted by atomic mass is 9.87. The molecular formula is C21H21N3O. The minimum atomic E-state index is -0.232. The Balaban J connectivity index is 1.72. The van der Waals surface area contributed by atoms with Crippen LogP contribution in [0.2, 0.25) is 0 Å². The van der Waals surface area contributed by atoms with Gasteiger partial charge in [-0.1, -0.05) is 57.2 Å². The van der Waals surface area contributed by atoms with Crippen LogP contribution in [0.1, 0.15) is 42.3 Å². The molecule has 1 amide bonds. The summed E-state index contributed by atoms with van der Waals surface area (Å²) < 4.78 is 0. The Morgan fingerprint density at radius 2 is 1.76 bits per heavy atom. The summed E-state index contributed by atoms with van der Waals surface area (Å²) in [7, 11) is 0. The highest BCUT2D eigenvalue weighted by molar-refractivity contribution is 5.99. The number of carbonyl (C=O) groups excluding carboxylic acids is 1. The number of hydrogen-bond donors (Lipinski definition) is 1. The van der Waals surface area contributed by atoms with Gasteiger partial charge in [-0.05, 0) is 29.2 Å². The molecule has 0 aliphatic carbocycles. The lowest BCUT2D eigenvalue weighted by Crippen LogP contribution is -2.18. The van der Waals surface area contributed by atoms with Crippen LogP contribution in [0.4, 0.5) is 0 Å². The fraction of sp³-hybridized carbons (Fsp3) is 0.190. The van der Waals surface area contributed by atoms with Gasteiger partial charge in [-0.15, -0.1) is 0 Å². The summed E-state index contributed by atoms with van der Waals surface area (Å²) in [5, 5.41) is 5.11. The SMILES string of the molecule is CC(C)(C)c1ccc(C(=O)N/N=C/c2cccc3cccnc23)cc1. The fourth-order valence-electron chi connectivity index (χ4n) is 2.58. The predicted molar refractivity (Wildman–Crippen MR) is 102 cm³/mol. The van der Waals surface area contributed by atoms with Gasteiger partial charge in [-0.25, -0.2) is 5.43 Å². The van der Waals surface area contributed by atoms with Crippen LogP contribution in [0, 0.1) is 0 Å². The molecule has 1 heterocycles. The molecule has 1 aromatic heterocycles. The van der Waals surface area contributed by atoms with Gasteiger partial charge in [0.15, 0.2) is 0 Å². The maximum Gasteiger partial charge on any atom is 0.271 e. The van der Waals surface area contributed by atoms with E-state index in [9.17, 15) is 4.79 Å². The van der Waals surface area contributed by atoms with Gasteiger partial charge in [-0.3, -0.25) is 9.78 Å². The molecule has 0 atom stereocenters. The van der Waals surface area contributed by atoms with Crippen molar-refractivity contribution in [2.75, 3.05) is 0 Å². The van der Waals surface area contributed by atoms with Gasteiger partial charge in [0, 0.05) is 22.7 Å². The van der Waals surface area contributed by atoms with Crippen LogP contribution in [0.5, 0.6) is 0 Å². The topological polar surface area (TPSA) is 54.4 Å². The average Bonchev–Trinajstić information content (AvgIpc) is 2.61. The number of nitrogens with one attached hydrogen (secondary N) is 1.